The number of hydrogen-bond donors (Lipinski definition) is 1. The topological polar surface area (TPSA) is 29.1 Å². The van der Waals surface area contributed by atoms with E-state index in [1.807, 2.05) is 25.1 Å². The van der Waals surface area contributed by atoms with Gasteiger partial charge in [-0.1, -0.05) is 53.2 Å². The lowest BCUT2D eigenvalue weighted by atomic mass is 10.1. The quantitative estimate of drug-likeness (QED) is 0.845. The van der Waals surface area contributed by atoms with Crippen LogP contribution in [0.5, 0.6) is 0 Å². The van der Waals surface area contributed by atoms with Crippen molar-refractivity contribution in [2.75, 3.05) is 6.54 Å². The van der Waals surface area contributed by atoms with Crippen molar-refractivity contribution in [2.24, 2.45) is 5.92 Å². The fourth-order valence-corrected chi connectivity index (χ4v) is 2.09. The number of halogens is 1. The minimum Gasteiger partial charge on any atom is -0.355 e. The summed E-state index contributed by atoms with van der Waals surface area (Å²) in [5.74, 6) is 0.820. The van der Waals surface area contributed by atoms with Crippen LogP contribution in [0, 0.1) is 5.92 Å². The van der Waals surface area contributed by atoms with Crippen molar-refractivity contribution in [3.05, 3.63) is 35.9 Å². The van der Waals surface area contributed by atoms with E-state index in [-0.39, 0.29) is 11.8 Å². The minimum absolute atomic E-state index is 0.189. The van der Waals surface area contributed by atoms with E-state index < -0.39 is 0 Å². The Balaban J connectivity index is 1.85. The molecule has 1 aromatic rings. The third kappa shape index (κ3) is 2.85. The molecular formula is C13H16BrNO. The molecule has 1 aromatic carbocycles. The predicted molar refractivity (Wildman–Crippen MR) is 68.7 cm³/mol. The predicted octanol–water partition coefficient (Wildman–Crippen LogP) is 2.69. The Kier molecular flexibility index (Phi) is 3.64. The van der Waals surface area contributed by atoms with Gasteiger partial charge in [0.05, 0.1) is 0 Å². The van der Waals surface area contributed by atoms with Crippen LogP contribution in [-0.4, -0.2) is 17.3 Å². The van der Waals surface area contributed by atoms with Crippen molar-refractivity contribution in [1.29, 1.82) is 0 Å². The van der Waals surface area contributed by atoms with E-state index >= 15 is 0 Å². The van der Waals surface area contributed by atoms with Crippen LogP contribution in [0.4, 0.5) is 0 Å². The van der Waals surface area contributed by atoms with Gasteiger partial charge < -0.3 is 5.32 Å². The van der Waals surface area contributed by atoms with E-state index in [1.54, 1.807) is 0 Å². The van der Waals surface area contributed by atoms with Gasteiger partial charge >= 0.3 is 0 Å². The van der Waals surface area contributed by atoms with Gasteiger partial charge in [-0.05, 0) is 17.9 Å². The van der Waals surface area contributed by atoms with Crippen molar-refractivity contribution >= 4 is 21.8 Å². The second-order valence-corrected chi connectivity index (χ2v) is 5.95. The fraction of sp³-hybridized carbons (Fsp3) is 0.462. The van der Waals surface area contributed by atoms with E-state index in [9.17, 15) is 4.79 Å². The van der Waals surface area contributed by atoms with Gasteiger partial charge in [-0.2, -0.15) is 0 Å². The van der Waals surface area contributed by atoms with Gasteiger partial charge in [0, 0.05) is 17.3 Å². The van der Waals surface area contributed by atoms with Gasteiger partial charge in [0.1, 0.15) is 0 Å². The maximum absolute atomic E-state index is 11.8. The molecule has 0 aromatic heterocycles. The largest absolute Gasteiger partial charge is 0.355 e. The number of carbonyl (C=O) groups is 1. The summed E-state index contributed by atoms with van der Waals surface area (Å²) >= 11 is 3.42. The number of rotatable bonds is 4. The maximum Gasteiger partial charge on any atom is 0.223 e. The number of nitrogens with one attached hydrogen (secondary N) is 1. The molecule has 1 N–H and O–H groups in total. The highest BCUT2D eigenvalue weighted by Gasteiger charge is 2.43. The highest BCUT2D eigenvalue weighted by Crippen LogP contribution is 2.47. The second-order valence-electron chi connectivity index (χ2n) is 4.39. The highest BCUT2D eigenvalue weighted by atomic mass is 79.9. The fourth-order valence-electron chi connectivity index (χ4n) is 1.93. The summed E-state index contributed by atoms with van der Waals surface area (Å²) in [4.78, 5) is 12.1. The van der Waals surface area contributed by atoms with E-state index in [2.05, 4.69) is 33.4 Å². The lowest BCUT2D eigenvalue weighted by Crippen LogP contribution is -2.29. The smallest absolute Gasteiger partial charge is 0.223 e. The molecule has 86 valence electrons. The molecule has 1 amide bonds. The Hall–Kier alpha value is -0.830. The lowest BCUT2D eigenvalue weighted by molar-refractivity contribution is -0.122. The SMILES string of the molecule is CC(Br)CNC(=O)C1CC1c1ccccc1. The summed E-state index contributed by atoms with van der Waals surface area (Å²) in [6.45, 7) is 2.73. The molecule has 1 aliphatic rings. The summed E-state index contributed by atoms with van der Waals surface area (Å²) in [5.41, 5.74) is 1.29. The number of hydrogen-bond acceptors (Lipinski definition) is 1. The van der Waals surface area contributed by atoms with E-state index in [0.717, 1.165) is 6.42 Å². The normalized spacial score (nSPS) is 24.9. The second kappa shape index (κ2) is 5.00. The number of amides is 1. The zero-order chi connectivity index (χ0) is 11.5. The van der Waals surface area contributed by atoms with Crippen LogP contribution >= 0.6 is 15.9 Å². The average Bonchev–Trinajstić information content (AvgIpc) is 3.07. The van der Waals surface area contributed by atoms with Gasteiger partial charge in [-0.3, -0.25) is 4.79 Å². The molecule has 0 spiro atoms. The Labute approximate surface area is 105 Å². The maximum atomic E-state index is 11.8. The van der Waals surface area contributed by atoms with Crippen molar-refractivity contribution in [3.63, 3.8) is 0 Å². The average molecular weight is 282 g/mol. The van der Waals surface area contributed by atoms with Crippen molar-refractivity contribution in [3.8, 4) is 0 Å². The van der Waals surface area contributed by atoms with E-state index in [0.29, 0.717) is 17.3 Å². The Bertz CT molecular complexity index is 363. The first-order chi connectivity index (χ1) is 7.68. The van der Waals surface area contributed by atoms with E-state index in [4.69, 9.17) is 0 Å². The first kappa shape index (κ1) is 11.6. The summed E-state index contributed by atoms with van der Waals surface area (Å²) < 4.78 is 0. The molecule has 3 heteroatoms. The third-order valence-corrected chi connectivity index (χ3v) is 3.24. The first-order valence-corrected chi connectivity index (χ1v) is 6.57. The highest BCUT2D eigenvalue weighted by molar-refractivity contribution is 9.09. The minimum atomic E-state index is 0.189. The molecule has 3 atom stereocenters. The molecule has 1 saturated carbocycles. The van der Waals surface area contributed by atoms with Gasteiger partial charge in [0.15, 0.2) is 0 Å². The number of carbonyl (C=O) groups excluding carboxylic acids is 1. The summed E-state index contributed by atoms with van der Waals surface area (Å²) in [5, 5.41) is 2.96. The molecule has 0 saturated heterocycles. The Morgan fingerprint density at radius 3 is 2.81 bits per heavy atom. The molecule has 3 unspecified atom stereocenters. The molecule has 16 heavy (non-hydrogen) atoms. The summed E-state index contributed by atoms with van der Waals surface area (Å²) in [6, 6.07) is 10.3. The number of benzene rings is 1. The summed E-state index contributed by atoms with van der Waals surface area (Å²) in [6.07, 6.45) is 0.993. The Morgan fingerprint density at radius 2 is 2.19 bits per heavy atom. The molecule has 1 aliphatic carbocycles. The molecule has 2 nitrogen and oxygen atoms in total. The van der Waals surface area contributed by atoms with Gasteiger partial charge in [0.2, 0.25) is 5.91 Å². The molecule has 0 aliphatic heterocycles. The summed E-state index contributed by atoms with van der Waals surface area (Å²) in [7, 11) is 0. The Morgan fingerprint density at radius 1 is 1.50 bits per heavy atom. The van der Waals surface area contributed by atoms with Crippen LogP contribution in [0.3, 0.4) is 0 Å². The van der Waals surface area contributed by atoms with Crippen LogP contribution in [0.2, 0.25) is 0 Å². The van der Waals surface area contributed by atoms with Gasteiger partial charge in [-0.15, -0.1) is 0 Å². The van der Waals surface area contributed by atoms with Crippen LogP contribution in [0.25, 0.3) is 0 Å². The third-order valence-electron chi connectivity index (χ3n) is 2.91. The van der Waals surface area contributed by atoms with Crippen LogP contribution in [0.15, 0.2) is 30.3 Å². The molecule has 1 fully saturated rings. The number of alkyl halides is 1. The van der Waals surface area contributed by atoms with Gasteiger partial charge in [0.25, 0.3) is 0 Å². The van der Waals surface area contributed by atoms with Crippen LogP contribution in [0.1, 0.15) is 24.8 Å². The lowest BCUT2D eigenvalue weighted by Gasteiger charge is -2.06. The van der Waals surface area contributed by atoms with E-state index in [1.165, 1.54) is 5.56 Å². The van der Waals surface area contributed by atoms with Crippen LogP contribution < -0.4 is 5.32 Å². The monoisotopic (exact) mass is 281 g/mol. The first-order valence-electron chi connectivity index (χ1n) is 5.65. The molecular weight excluding hydrogens is 266 g/mol. The van der Waals surface area contributed by atoms with Crippen molar-refractivity contribution in [2.45, 2.75) is 24.1 Å². The standard InChI is InChI=1S/C13H16BrNO/c1-9(14)8-15-13(16)12-7-11(12)10-5-3-2-4-6-10/h2-6,9,11-12H,7-8H2,1H3,(H,15,16). The molecule has 0 radical (unpaired) electrons. The molecule has 0 heterocycles. The van der Waals surface area contributed by atoms with Crippen molar-refractivity contribution in [1.82, 2.24) is 5.32 Å². The molecule has 0 bridgehead atoms. The van der Waals surface area contributed by atoms with Crippen molar-refractivity contribution < 1.29 is 4.79 Å². The zero-order valence-electron chi connectivity index (χ0n) is 9.32. The molecule has 2 rings (SSSR count). The zero-order valence-corrected chi connectivity index (χ0v) is 10.9. The van der Waals surface area contributed by atoms with Crippen LogP contribution in [-0.2, 0) is 4.79 Å². The van der Waals surface area contributed by atoms with Gasteiger partial charge in [-0.25, -0.2) is 0 Å².